The maximum absolute atomic E-state index is 11.6. The molecule has 1 aliphatic rings. The van der Waals surface area contributed by atoms with Crippen LogP contribution in [0.5, 0.6) is 0 Å². The predicted molar refractivity (Wildman–Crippen MR) is 92.2 cm³/mol. The van der Waals surface area contributed by atoms with Gasteiger partial charge in [-0.15, -0.1) is 0 Å². The third kappa shape index (κ3) is 3.83. The van der Waals surface area contributed by atoms with E-state index in [0.717, 1.165) is 29.8 Å². The van der Waals surface area contributed by atoms with E-state index >= 15 is 0 Å². The van der Waals surface area contributed by atoms with Crippen LogP contribution in [0.25, 0.3) is 11.3 Å². The number of hydrogen-bond acceptors (Lipinski definition) is 4. The standard InChI is InChI=1S/C18H24N4O2/c1-19-16(23)10-18(24)8-5-9-22(13-18)12-15-11-20-21-17(15)14-6-3-2-4-7-14/h2-4,6-7,11,24H,5,8-10,12-13H2,1H3,(H,19,23)(H,20,21). The van der Waals surface area contributed by atoms with Crippen LogP contribution in [-0.4, -0.2) is 51.8 Å². The zero-order valence-corrected chi connectivity index (χ0v) is 14.0. The average molecular weight is 328 g/mol. The van der Waals surface area contributed by atoms with Crippen molar-refractivity contribution in [1.82, 2.24) is 20.4 Å². The monoisotopic (exact) mass is 328 g/mol. The fourth-order valence-electron chi connectivity index (χ4n) is 3.40. The van der Waals surface area contributed by atoms with E-state index in [1.807, 2.05) is 24.4 Å². The van der Waals surface area contributed by atoms with Crippen LogP contribution in [-0.2, 0) is 11.3 Å². The molecule has 1 atom stereocenters. The molecule has 24 heavy (non-hydrogen) atoms. The Kier molecular flexibility index (Phi) is 4.97. The van der Waals surface area contributed by atoms with Gasteiger partial charge in [-0.2, -0.15) is 5.10 Å². The summed E-state index contributed by atoms with van der Waals surface area (Å²) < 4.78 is 0. The molecule has 3 N–H and O–H groups in total. The van der Waals surface area contributed by atoms with Gasteiger partial charge in [0.1, 0.15) is 0 Å². The molecule has 128 valence electrons. The number of piperidine rings is 1. The van der Waals surface area contributed by atoms with E-state index in [0.29, 0.717) is 19.5 Å². The van der Waals surface area contributed by atoms with E-state index in [1.54, 1.807) is 7.05 Å². The molecule has 2 aromatic rings. The normalized spacial score (nSPS) is 21.6. The van der Waals surface area contributed by atoms with Gasteiger partial charge in [0.25, 0.3) is 0 Å². The van der Waals surface area contributed by atoms with E-state index in [-0.39, 0.29) is 12.3 Å². The Bertz CT molecular complexity index is 685. The number of hydrogen-bond donors (Lipinski definition) is 3. The smallest absolute Gasteiger partial charge is 0.222 e. The average Bonchev–Trinajstić information content (AvgIpc) is 3.03. The van der Waals surface area contributed by atoms with Gasteiger partial charge in [0.15, 0.2) is 0 Å². The van der Waals surface area contributed by atoms with E-state index in [2.05, 4.69) is 32.5 Å². The zero-order chi connectivity index (χ0) is 17.0. The highest BCUT2D eigenvalue weighted by atomic mass is 16.3. The molecular formula is C18H24N4O2. The summed E-state index contributed by atoms with van der Waals surface area (Å²) in [6.07, 6.45) is 3.53. The van der Waals surface area contributed by atoms with Crippen molar-refractivity contribution in [3.63, 3.8) is 0 Å². The molecule has 1 saturated heterocycles. The molecule has 0 radical (unpaired) electrons. The van der Waals surface area contributed by atoms with Gasteiger partial charge in [-0.1, -0.05) is 30.3 Å². The lowest BCUT2D eigenvalue weighted by atomic mass is 9.89. The first-order valence-corrected chi connectivity index (χ1v) is 8.33. The lowest BCUT2D eigenvalue weighted by Crippen LogP contribution is -2.49. The Hall–Kier alpha value is -2.18. The summed E-state index contributed by atoms with van der Waals surface area (Å²) in [5.74, 6) is -0.118. The van der Waals surface area contributed by atoms with Gasteiger partial charge >= 0.3 is 0 Å². The molecule has 0 aliphatic carbocycles. The summed E-state index contributed by atoms with van der Waals surface area (Å²) in [6, 6.07) is 10.1. The first-order chi connectivity index (χ1) is 11.6. The highest BCUT2D eigenvalue weighted by Gasteiger charge is 2.35. The number of nitrogens with one attached hydrogen (secondary N) is 2. The molecule has 1 amide bonds. The van der Waals surface area contributed by atoms with Gasteiger partial charge in [-0.3, -0.25) is 14.8 Å². The SMILES string of the molecule is CNC(=O)CC1(O)CCCN(Cc2cn[nH]c2-c2ccccc2)C1. The number of aliphatic hydroxyl groups is 1. The number of amides is 1. The quantitative estimate of drug-likeness (QED) is 0.778. The summed E-state index contributed by atoms with van der Waals surface area (Å²) >= 11 is 0. The van der Waals surface area contributed by atoms with Crippen LogP contribution in [0.15, 0.2) is 36.5 Å². The van der Waals surface area contributed by atoms with Crippen LogP contribution >= 0.6 is 0 Å². The molecule has 3 rings (SSSR count). The van der Waals surface area contributed by atoms with Crippen molar-refractivity contribution in [3.05, 3.63) is 42.1 Å². The number of H-pyrrole nitrogens is 1. The second kappa shape index (κ2) is 7.15. The Labute approximate surface area is 141 Å². The topological polar surface area (TPSA) is 81.2 Å². The van der Waals surface area contributed by atoms with E-state index < -0.39 is 5.60 Å². The highest BCUT2D eigenvalue weighted by Crippen LogP contribution is 2.28. The zero-order valence-electron chi connectivity index (χ0n) is 14.0. The van der Waals surface area contributed by atoms with Crippen molar-refractivity contribution in [3.8, 4) is 11.3 Å². The van der Waals surface area contributed by atoms with E-state index in [9.17, 15) is 9.90 Å². The van der Waals surface area contributed by atoms with Crippen LogP contribution in [0.1, 0.15) is 24.8 Å². The summed E-state index contributed by atoms with van der Waals surface area (Å²) in [5.41, 5.74) is 2.26. The third-order valence-corrected chi connectivity index (χ3v) is 4.58. The molecule has 1 aromatic heterocycles. The number of nitrogens with zero attached hydrogens (tertiary/aromatic N) is 2. The van der Waals surface area contributed by atoms with Crippen molar-refractivity contribution in [2.75, 3.05) is 20.1 Å². The lowest BCUT2D eigenvalue weighted by Gasteiger charge is -2.38. The first kappa shape index (κ1) is 16.7. The van der Waals surface area contributed by atoms with Gasteiger partial charge in [-0.05, 0) is 24.9 Å². The van der Waals surface area contributed by atoms with Crippen LogP contribution in [0.2, 0.25) is 0 Å². The van der Waals surface area contributed by atoms with E-state index in [4.69, 9.17) is 0 Å². The Morgan fingerprint density at radius 3 is 2.96 bits per heavy atom. The molecule has 1 aromatic carbocycles. The molecule has 0 bridgehead atoms. The molecule has 0 spiro atoms. The van der Waals surface area contributed by atoms with Crippen molar-refractivity contribution in [1.29, 1.82) is 0 Å². The molecular weight excluding hydrogens is 304 g/mol. The minimum Gasteiger partial charge on any atom is -0.388 e. The number of carbonyl (C=O) groups is 1. The van der Waals surface area contributed by atoms with Crippen molar-refractivity contribution >= 4 is 5.91 Å². The Balaban J connectivity index is 1.71. The predicted octanol–water partition coefficient (Wildman–Crippen LogP) is 1.54. The minimum absolute atomic E-state index is 0.118. The van der Waals surface area contributed by atoms with Crippen molar-refractivity contribution in [2.45, 2.75) is 31.4 Å². The number of benzene rings is 1. The maximum Gasteiger partial charge on any atom is 0.222 e. The first-order valence-electron chi connectivity index (χ1n) is 8.33. The van der Waals surface area contributed by atoms with E-state index in [1.165, 1.54) is 0 Å². The minimum atomic E-state index is -0.949. The van der Waals surface area contributed by atoms with Gasteiger partial charge in [0.05, 0.1) is 23.9 Å². The van der Waals surface area contributed by atoms with Gasteiger partial charge < -0.3 is 10.4 Å². The number of aromatic nitrogens is 2. The molecule has 0 saturated carbocycles. The summed E-state index contributed by atoms with van der Waals surface area (Å²) in [4.78, 5) is 13.8. The fourth-order valence-corrected chi connectivity index (χ4v) is 3.40. The summed E-state index contributed by atoms with van der Waals surface area (Å²) in [5, 5.41) is 20.6. The number of aromatic amines is 1. The molecule has 1 unspecified atom stereocenters. The fraction of sp³-hybridized carbons (Fsp3) is 0.444. The molecule has 2 heterocycles. The van der Waals surface area contributed by atoms with Crippen molar-refractivity contribution in [2.24, 2.45) is 0 Å². The molecule has 6 heteroatoms. The number of rotatable bonds is 5. The van der Waals surface area contributed by atoms with Gasteiger partial charge in [0.2, 0.25) is 5.91 Å². The second-order valence-corrected chi connectivity index (χ2v) is 6.52. The maximum atomic E-state index is 11.6. The number of carbonyl (C=O) groups excluding carboxylic acids is 1. The third-order valence-electron chi connectivity index (χ3n) is 4.58. The second-order valence-electron chi connectivity index (χ2n) is 6.52. The summed E-state index contributed by atoms with van der Waals surface area (Å²) in [6.45, 7) is 2.12. The lowest BCUT2D eigenvalue weighted by molar-refractivity contribution is -0.128. The van der Waals surface area contributed by atoms with Gasteiger partial charge in [0, 0.05) is 25.7 Å². The van der Waals surface area contributed by atoms with Crippen molar-refractivity contribution < 1.29 is 9.90 Å². The summed E-state index contributed by atoms with van der Waals surface area (Å²) in [7, 11) is 1.60. The molecule has 6 nitrogen and oxygen atoms in total. The number of likely N-dealkylation sites (tertiary alicyclic amines) is 1. The van der Waals surface area contributed by atoms with Crippen LogP contribution in [0, 0.1) is 0 Å². The molecule has 1 fully saturated rings. The number of β-amino-alcohol motifs (C(OH)–C–C–N with tert-alkyl or cyclic N) is 1. The molecule has 1 aliphatic heterocycles. The highest BCUT2D eigenvalue weighted by molar-refractivity contribution is 5.76. The Morgan fingerprint density at radius 1 is 1.42 bits per heavy atom. The van der Waals surface area contributed by atoms with Crippen LogP contribution < -0.4 is 5.32 Å². The largest absolute Gasteiger partial charge is 0.388 e. The van der Waals surface area contributed by atoms with Gasteiger partial charge in [-0.25, -0.2) is 0 Å². The Morgan fingerprint density at radius 2 is 2.21 bits per heavy atom. The van der Waals surface area contributed by atoms with Crippen LogP contribution in [0.4, 0.5) is 0 Å². The van der Waals surface area contributed by atoms with Crippen LogP contribution in [0.3, 0.4) is 0 Å².